The van der Waals surface area contributed by atoms with Crippen molar-refractivity contribution in [1.82, 2.24) is 4.98 Å². The van der Waals surface area contributed by atoms with Gasteiger partial charge in [0.2, 0.25) is 5.88 Å². The summed E-state index contributed by atoms with van der Waals surface area (Å²) in [5.41, 5.74) is -0.818. The molecule has 4 nitrogen and oxygen atoms in total. The summed E-state index contributed by atoms with van der Waals surface area (Å²) in [7, 11) is 0. The highest BCUT2D eigenvalue weighted by Crippen LogP contribution is 2.29. The van der Waals surface area contributed by atoms with Gasteiger partial charge in [-0.05, 0) is 49.4 Å². The Morgan fingerprint density at radius 3 is 2.11 bits per heavy atom. The first-order valence-electron chi connectivity index (χ1n) is 8.56. The molecule has 2 aromatic carbocycles. The first-order chi connectivity index (χ1) is 13.4. The molecule has 1 aromatic heterocycles. The second-order valence-corrected chi connectivity index (χ2v) is 6.01. The standard InChI is InChI=1S/C21H18F3NO3/c1-15(27-20-12-7-16(13-25-20)21(22,23)24)14-26-17-8-10-19(11-9-17)28-18-5-3-2-4-6-18/h2-13,15H,14H2,1H3/t15-/m1/s1. The molecule has 0 spiro atoms. The summed E-state index contributed by atoms with van der Waals surface area (Å²) < 4.78 is 54.4. The van der Waals surface area contributed by atoms with Gasteiger partial charge in [-0.15, -0.1) is 0 Å². The van der Waals surface area contributed by atoms with Crippen molar-refractivity contribution >= 4 is 0 Å². The van der Waals surface area contributed by atoms with Crippen LogP contribution in [0.25, 0.3) is 0 Å². The van der Waals surface area contributed by atoms with Crippen LogP contribution >= 0.6 is 0 Å². The lowest BCUT2D eigenvalue weighted by atomic mass is 10.3. The van der Waals surface area contributed by atoms with E-state index in [1.165, 1.54) is 6.07 Å². The first kappa shape index (κ1) is 19.5. The molecule has 146 valence electrons. The first-order valence-corrected chi connectivity index (χ1v) is 8.56. The molecule has 1 heterocycles. The van der Waals surface area contributed by atoms with Gasteiger partial charge < -0.3 is 14.2 Å². The number of rotatable bonds is 7. The van der Waals surface area contributed by atoms with Crippen LogP contribution in [0.15, 0.2) is 72.9 Å². The summed E-state index contributed by atoms with van der Waals surface area (Å²) in [6, 6.07) is 18.6. The zero-order chi connectivity index (χ0) is 20.0. The van der Waals surface area contributed by atoms with Gasteiger partial charge in [-0.3, -0.25) is 0 Å². The van der Waals surface area contributed by atoms with E-state index in [-0.39, 0.29) is 12.5 Å². The summed E-state index contributed by atoms with van der Waals surface area (Å²) in [6.45, 7) is 1.95. The van der Waals surface area contributed by atoms with Crippen molar-refractivity contribution in [3.8, 4) is 23.1 Å². The second-order valence-electron chi connectivity index (χ2n) is 6.01. The van der Waals surface area contributed by atoms with E-state index in [1.807, 2.05) is 30.3 Å². The molecule has 28 heavy (non-hydrogen) atoms. The molecule has 0 saturated carbocycles. The average Bonchev–Trinajstić information content (AvgIpc) is 2.68. The Morgan fingerprint density at radius 2 is 1.50 bits per heavy atom. The summed E-state index contributed by atoms with van der Waals surface area (Å²) in [4.78, 5) is 3.68. The summed E-state index contributed by atoms with van der Waals surface area (Å²) >= 11 is 0. The van der Waals surface area contributed by atoms with Crippen LogP contribution in [-0.4, -0.2) is 17.7 Å². The van der Waals surface area contributed by atoms with Gasteiger partial charge in [-0.25, -0.2) is 4.98 Å². The van der Waals surface area contributed by atoms with Gasteiger partial charge in [0.15, 0.2) is 0 Å². The van der Waals surface area contributed by atoms with Crippen LogP contribution in [0.4, 0.5) is 13.2 Å². The maximum atomic E-state index is 12.5. The zero-order valence-electron chi connectivity index (χ0n) is 15.0. The second kappa shape index (κ2) is 8.65. The third kappa shape index (κ3) is 5.64. The number of ether oxygens (including phenoxy) is 3. The molecule has 0 bridgehead atoms. The van der Waals surface area contributed by atoms with Crippen molar-refractivity contribution in [1.29, 1.82) is 0 Å². The van der Waals surface area contributed by atoms with Crippen molar-refractivity contribution in [2.24, 2.45) is 0 Å². The molecule has 0 aliphatic rings. The van der Waals surface area contributed by atoms with Gasteiger partial charge in [-0.2, -0.15) is 13.2 Å². The van der Waals surface area contributed by atoms with Gasteiger partial charge in [0, 0.05) is 12.3 Å². The number of nitrogens with zero attached hydrogens (tertiary/aromatic N) is 1. The average molecular weight is 389 g/mol. The zero-order valence-corrected chi connectivity index (χ0v) is 15.0. The van der Waals surface area contributed by atoms with E-state index in [2.05, 4.69) is 4.98 Å². The maximum absolute atomic E-state index is 12.5. The number of benzene rings is 2. The van der Waals surface area contributed by atoms with E-state index in [9.17, 15) is 13.2 Å². The molecule has 0 radical (unpaired) electrons. The Balaban J connectivity index is 1.48. The summed E-state index contributed by atoms with van der Waals surface area (Å²) in [5, 5.41) is 0. The third-order valence-electron chi connectivity index (χ3n) is 3.67. The smallest absolute Gasteiger partial charge is 0.417 e. The minimum absolute atomic E-state index is 0.107. The summed E-state index contributed by atoms with van der Waals surface area (Å²) in [6.07, 6.45) is -4.07. The molecule has 0 aliphatic carbocycles. The minimum Gasteiger partial charge on any atom is -0.490 e. The fourth-order valence-electron chi connectivity index (χ4n) is 2.30. The van der Waals surface area contributed by atoms with Crippen LogP contribution in [0, 0.1) is 0 Å². The number of pyridine rings is 1. The van der Waals surface area contributed by atoms with E-state index in [4.69, 9.17) is 14.2 Å². The highest BCUT2D eigenvalue weighted by Gasteiger charge is 2.30. The summed E-state index contributed by atoms with van der Waals surface area (Å²) in [5.74, 6) is 2.14. The number of hydrogen-bond acceptors (Lipinski definition) is 4. The van der Waals surface area contributed by atoms with E-state index < -0.39 is 17.8 Å². The lowest BCUT2D eigenvalue weighted by Gasteiger charge is -2.15. The molecule has 3 aromatic rings. The van der Waals surface area contributed by atoms with E-state index in [0.29, 0.717) is 11.5 Å². The van der Waals surface area contributed by atoms with E-state index in [1.54, 1.807) is 31.2 Å². The predicted octanol–water partition coefficient (Wildman–Crippen LogP) is 5.74. The van der Waals surface area contributed by atoms with Crippen molar-refractivity contribution in [3.63, 3.8) is 0 Å². The van der Waals surface area contributed by atoms with Crippen LogP contribution in [-0.2, 0) is 6.18 Å². The molecule has 1 atom stereocenters. The molecule has 3 rings (SSSR count). The van der Waals surface area contributed by atoms with Crippen LogP contribution in [0.2, 0.25) is 0 Å². The van der Waals surface area contributed by atoms with Gasteiger partial charge >= 0.3 is 6.18 Å². The topological polar surface area (TPSA) is 40.6 Å². The molecule has 0 amide bonds. The Hall–Kier alpha value is -3.22. The predicted molar refractivity (Wildman–Crippen MR) is 97.8 cm³/mol. The number of aromatic nitrogens is 1. The highest BCUT2D eigenvalue weighted by molar-refractivity contribution is 5.35. The number of halogens is 3. The van der Waals surface area contributed by atoms with Crippen LogP contribution in [0.3, 0.4) is 0 Å². The van der Waals surface area contributed by atoms with Gasteiger partial charge in [0.05, 0.1) is 5.56 Å². The number of para-hydroxylation sites is 1. The lowest BCUT2D eigenvalue weighted by molar-refractivity contribution is -0.137. The van der Waals surface area contributed by atoms with Gasteiger partial charge in [0.1, 0.15) is 30.0 Å². The molecule has 0 aliphatic heterocycles. The Kier molecular flexibility index (Phi) is 6.03. The molecule has 7 heteroatoms. The minimum atomic E-state index is -4.42. The Labute approximate surface area is 160 Å². The fraction of sp³-hybridized carbons (Fsp3) is 0.190. The molecule has 0 saturated heterocycles. The van der Waals surface area contributed by atoms with Crippen molar-refractivity contribution in [2.75, 3.05) is 6.61 Å². The highest BCUT2D eigenvalue weighted by atomic mass is 19.4. The molecule has 0 unspecified atom stereocenters. The van der Waals surface area contributed by atoms with E-state index >= 15 is 0 Å². The van der Waals surface area contributed by atoms with Crippen molar-refractivity contribution in [3.05, 3.63) is 78.5 Å². The fourth-order valence-corrected chi connectivity index (χ4v) is 2.30. The van der Waals surface area contributed by atoms with Crippen molar-refractivity contribution in [2.45, 2.75) is 19.2 Å². The van der Waals surface area contributed by atoms with Crippen LogP contribution < -0.4 is 14.2 Å². The number of alkyl halides is 3. The molecule has 0 N–H and O–H groups in total. The third-order valence-corrected chi connectivity index (χ3v) is 3.67. The van der Waals surface area contributed by atoms with Gasteiger partial charge in [-0.1, -0.05) is 18.2 Å². The number of hydrogen-bond donors (Lipinski definition) is 0. The van der Waals surface area contributed by atoms with Crippen LogP contribution in [0.1, 0.15) is 12.5 Å². The Bertz CT molecular complexity index is 866. The quantitative estimate of drug-likeness (QED) is 0.517. The SMILES string of the molecule is C[C@H](COc1ccc(Oc2ccccc2)cc1)Oc1ccc(C(F)(F)F)cn1. The van der Waals surface area contributed by atoms with Crippen LogP contribution in [0.5, 0.6) is 23.1 Å². The van der Waals surface area contributed by atoms with Gasteiger partial charge in [0.25, 0.3) is 0 Å². The molecular formula is C21H18F3NO3. The largest absolute Gasteiger partial charge is 0.490 e. The maximum Gasteiger partial charge on any atom is 0.417 e. The Morgan fingerprint density at radius 1 is 0.857 bits per heavy atom. The normalized spacial score (nSPS) is 12.3. The molecular weight excluding hydrogens is 371 g/mol. The molecule has 0 fully saturated rings. The van der Waals surface area contributed by atoms with E-state index in [0.717, 1.165) is 18.0 Å². The monoisotopic (exact) mass is 389 g/mol. The van der Waals surface area contributed by atoms with Crippen molar-refractivity contribution < 1.29 is 27.4 Å². The lowest BCUT2D eigenvalue weighted by Crippen LogP contribution is -2.21.